The topological polar surface area (TPSA) is 102 Å². The van der Waals surface area contributed by atoms with E-state index in [1.807, 2.05) is 0 Å². The lowest BCUT2D eigenvalue weighted by molar-refractivity contribution is -0.150. The maximum Gasteiger partial charge on any atom is 0.336 e. The molecule has 7 nitrogen and oxygen atoms in total. The summed E-state index contributed by atoms with van der Waals surface area (Å²) in [7, 11) is -2.59. The third-order valence-corrected chi connectivity index (χ3v) is 6.76. The first kappa shape index (κ1) is 25.0. The van der Waals surface area contributed by atoms with Crippen molar-refractivity contribution in [3.63, 3.8) is 0 Å². The van der Waals surface area contributed by atoms with E-state index in [9.17, 15) is 18.0 Å². The monoisotopic (exact) mass is 498 g/mol. The summed E-state index contributed by atoms with van der Waals surface area (Å²) in [4.78, 5) is 25.0. The summed E-state index contributed by atoms with van der Waals surface area (Å²) in [6.45, 7) is 1.56. The highest BCUT2D eigenvalue weighted by molar-refractivity contribution is 7.92. The van der Waals surface area contributed by atoms with E-state index in [2.05, 4.69) is 10.0 Å². The number of halogens is 1. The van der Waals surface area contributed by atoms with Gasteiger partial charge in [0.15, 0.2) is 5.54 Å². The van der Waals surface area contributed by atoms with Gasteiger partial charge in [0.05, 0.1) is 22.7 Å². The van der Waals surface area contributed by atoms with Gasteiger partial charge in [-0.15, -0.1) is 0 Å². The molecular weight excluding hydrogens is 476 g/mol. The van der Waals surface area contributed by atoms with Crippen molar-refractivity contribution in [3.05, 3.63) is 101 Å². The molecule has 0 aromatic heterocycles. The van der Waals surface area contributed by atoms with Crippen LogP contribution in [0.2, 0.25) is 5.02 Å². The van der Waals surface area contributed by atoms with Gasteiger partial charge in [0.25, 0.3) is 10.0 Å². The number of hydrogen-bond acceptors (Lipinski definition) is 5. The van der Waals surface area contributed by atoms with Crippen molar-refractivity contribution in [2.24, 2.45) is 0 Å². The Morgan fingerprint density at radius 3 is 2.18 bits per heavy atom. The number of nitrogens with one attached hydrogen (secondary N) is 2. The Hall–Kier alpha value is -3.62. The number of sulfonamides is 1. The molecule has 176 valence electrons. The minimum atomic E-state index is -3.84. The van der Waals surface area contributed by atoms with Crippen LogP contribution in [0.3, 0.4) is 0 Å². The van der Waals surface area contributed by atoms with Gasteiger partial charge in [0.1, 0.15) is 0 Å². The van der Waals surface area contributed by atoms with Gasteiger partial charge < -0.3 is 10.1 Å². The van der Waals surface area contributed by atoms with Crippen LogP contribution in [-0.4, -0.2) is 27.4 Å². The summed E-state index contributed by atoms with van der Waals surface area (Å²) in [5, 5.41) is 2.96. The molecule has 1 atom stereocenters. The van der Waals surface area contributed by atoms with E-state index in [4.69, 9.17) is 16.3 Å². The van der Waals surface area contributed by atoms with Gasteiger partial charge in [-0.1, -0.05) is 66.2 Å². The molecule has 0 saturated carbocycles. The number of hydrogen-bond donors (Lipinski definition) is 2. The predicted molar refractivity (Wildman–Crippen MR) is 132 cm³/mol. The number of esters is 1. The average Bonchev–Trinajstić information content (AvgIpc) is 2.84. The van der Waals surface area contributed by atoms with Crippen molar-refractivity contribution in [3.8, 4) is 0 Å². The normalized spacial score (nSPS) is 13.1. The summed E-state index contributed by atoms with van der Waals surface area (Å²) in [6.07, 6.45) is 2.77. The Kier molecular flexibility index (Phi) is 7.75. The van der Waals surface area contributed by atoms with Crippen molar-refractivity contribution < 1.29 is 22.7 Å². The van der Waals surface area contributed by atoms with Gasteiger partial charge in [-0.25, -0.2) is 13.2 Å². The number of methoxy groups -OCH3 is 1. The lowest BCUT2D eigenvalue weighted by Gasteiger charge is -2.27. The molecular formula is C25H23ClN2O5S. The number of para-hydroxylation sites is 1. The standard InChI is InChI=1S/C25H23ClN2O5S/c1-25(24(30)33-2,19-8-4-3-5-9-19)27-23(29)17-14-18-12-15-20(16-13-18)34(31,32)28-22-11-7-6-10-21(22)26/h3-17,28H,1-2H3,(H,27,29)/b17-14+/t25-/m0/s1. The Bertz CT molecular complexity index is 1310. The largest absolute Gasteiger partial charge is 0.467 e. The maximum absolute atomic E-state index is 12.6. The first-order chi connectivity index (χ1) is 16.2. The molecule has 0 bridgehead atoms. The van der Waals surface area contributed by atoms with Gasteiger partial charge >= 0.3 is 5.97 Å². The lowest BCUT2D eigenvalue weighted by Crippen LogP contribution is -2.49. The molecule has 0 saturated heterocycles. The molecule has 0 heterocycles. The van der Waals surface area contributed by atoms with Crippen LogP contribution in [0.5, 0.6) is 0 Å². The maximum atomic E-state index is 12.6. The van der Waals surface area contributed by atoms with Crippen LogP contribution in [0.15, 0.2) is 89.8 Å². The fourth-order valence-electron chi connectivity index (χ4n) is 3.18. The summed E-state index contributed by atoms with van der Waals surface area (Å²) in [5.74, 6) is -1.13. The van der Waals surface area contributed by atoms with Crippen molar-refractivity contribution >= 4 is 45.3 Å². The molecule has 0 fully saturated rings. The fraction of sp³-hybridized carbons (Fsp3) is 0.120. The quantitative estimate of drug-likeness (QED) is 0.355. The number of anilines is 1. The number of carbonyl (C=O) groups is 2. The SMILES string of the molecule is COC(=O)[C@@](C)(NC(=O)/C=C/c1ccc(S(=O)(=O)Nc2ccccc2Cl)cc1)c1ccccc1. The van der Waals surface area contributed by atoms with Crippen LogP contribution in [-0.2, 0) is 29.9 Å². The number of amides is 1. The molecule has 0 unspecified atom stereocenters. The average molecular weight is 499 g/mol. The van der Waals surface area contributed by atoms with Crippen molar-refractivity contribution in [2.45, 2.75) is 17.4 Å². The lowest BCUT2D eigenvalue weighted by atomic mass is 9.92. The summed E-state index contributed by atoms with van der Waals surface area (Å²) in [5.41, 5.74) is 0.0621. The van der Waals surface area contributed by atoms with E-state index >= 15 is 0 Å². The molecule has 3 aromatic carbocycles. The number of benzene rings is 3. The van der Waals surface area contributed by atoms with Crippen LogP contribution in [0, 0.1) is 0 Å². The molecule has 0 aliphatic heterocycles. The Morgan fingerprint density at radius 1 is 0.941 bits per heavy atom. The molecule has 3 rings (SSSR count). The molecule has 34 heavy (non-hydrogen) atoms. The van der Waals surface area contributed by atoms with Gasteiger partial charge in [-0.3, -0.25) is 9.52 Å². The first-order valence-electron chi connectivity index (χ1n) is 10.2. The third kappa shape index (κ3) is 5.84. The minimum Gasteiger partial charge on any atom is -0.467 e. The molecule has 0 aliphatic rings. The second-order valence-corrected chi connectivity index (χ2v) is 9.55. The third-order valence-electron chi connectivity index (χ3n) is 5.05. The number of ether oxygens (including phenoxy) is 1. The van der Waals surface area contributed by atoms with Crippen LogP contribution >= 0.6 is 11.6 Å². The van der Waals surface area contributed by atoms with Gasteiger partial charge in [0, 0.05) is 6.08 Å². The van der Waals surface area contributed by atoms with E-state index in [0.29, 0.717) is 11.1 Å². The highest BCUT2D eigenvalue weighted by Gasteiger charge is 2.37. The molecule has 2 N–H and O–H groups in total. The minimum absolute atomic E-state index is 0.0383. The fourth-order valence-corrected chi connectivity index (χ4v) is 4.50. The van der Waals surface area contributed by atoms with Crippen molar-refractivity contribution in [2.75, 3.05) is 11.8 Å². The van der Waals surface area contributed by atoms with Crippen LogP contribution in [0.4, 0.5) is 5.69 Å². The smallest absolute Gasteiger partial charge is 0.336 e. The Balaban J connectivity index is 1.72. The molecule has 0 aliphatic carbocycles. The van der Waals surface area contributed by atoms with Crippen LogP contribution in [0.25, 0.3) is 6.08 Å². The predicted octanol–water partition coefficient (Wildman–Crippen LogP) is 4.36. The number of carbonyl (C=O) groups excluding carboxylic acids is 2. The van der Waals surface area contributed by atoms with E-state index in [1.165, 1.54) is 31.4 Å². The summed E-state index contributed by atoms with van der Waals surface area (Å²) < 4.78 is 32.6. The first-order valence-corrected chi connectivity index (χ1v) is 12.0. The van der Waals surface area contributed by atoms with E-state index in [-0.39, 0.29) is 15.6 Å². The summed E-state index contributed by atoms with van der Waals surface area (Å²) >= 11 is 6.02. The molecule has 9 heteroatoms. The van der Waals surface area contributed by atoms with E-state index in [0.717, 1.165) is 0 Å². The van der Waals surface area contributed by atoms with E-state index in [1.54, 1.807) is 73.7 Å². The van der Waals surface area contributed by atoms with Gasteiger partial charge in [-0.05, 0) is 48.4 Å². The Labute approximate surface area is 203 Å². The molecule has 0 spiro atoms. The Morgan fingerprint density at radius 2 is 1.56 bits per heavy atom. The van der Waals surface area contributed by atoms with Crippen molar-refractivity contribution in [1.82, 2.24) is 5.32 Å². The highest BCUT2D eigenvalue weighted by atomic mass is 35.5. The number of rotatable bonds is 8. The molecule has 3 aromatic rings. The molecule has 0 radical (unpaired) electrons. The van der Waals surface area contributed by atoms with Gasteiger partial charge in [-0.2, -0.15) is 0 Å². The van der Waals surface area contributed by atoms with Gasteiger partial charge in [0.2, 0.25) is 5.91 Å². The summed E-state index contributed by atoms with van der Waals surface area (Å²) in [6, 6.07) is 21.2. The zero-order valence-corrected chi connectivity index (χ0v) is 20.1. The second kappa shape index (κ2) is 10.5. The van der Waals surface area contributed by atoms with Crippen LogP contribution in [0.1, 0.15) is 18.1 Å². The van der Waals surface area contributed by atoms with Crippen molar-refractivity contribution in [1.29, 1.82) is 0 Å². The highest BCUT2D eigenvalue weighted by Crippen LogP contribution is 2.25. The zero-order valence-electron chi connectivity index (χ0n) is 18.5. The zero-order chi connectivity index (χ0) is 24.8. The van der Waals surface area contributed by atoms with Crippen LogP contribution < -0.4 is 10.0 Å². The van der Waals surface area contributed by atoms with E-state index < -0.39 is 27.4 Å². The second-order valence-electron chi connectivity index (χ2n) is 7.46. The molecule has 1 amide bonds.